The van der Waals surface area contributed by atoms with Gasteiger partial charge in [0.05, 0.1) is 11.3 Å². The second-order valence-corrected chi connectivity index (χ2v) is 9.87. The quantitative estimate of drug-likeness (QED) is 0.619. The zero-order valence-corrected chi connectivity index (χ0v) is 19.4. The SMILES string of the molecule is CC1(C)CC(=O)c2c(nc(N3CCN(Cc4ccccc4)CC3)nc2Nc2ccccc2)C1. The number of benzene rings is 2. The zero-order chi connectivity index (χ0) is 22.8. The first kappa shape index (κ1) is 21.6. The number of hydrogen-bond donors (Lipinski definition) is 1. The number of Topliss-reactive ketones (excluding diaryl/α,β-unsaturated/α-hetero) is 1. The molecule has 2 aromatic carbocycles. The maximum Gasteiger partial charge on any atom is 0.227 e. The van der Waals surface area contributed by atoms with E-state index in [2.05, 4.69) is 59.3 Å². The van der Waals surface area contributed by atoms with Crippen LogP contribution in [0.5, 0.6) is 0 Å². The normalized spacial score (nSPS) is 18.1. The van der Waals surface area contributed by atoms with E-state index in [-0.39, 0.29) is 11.2 Å². The predicted octanol–water partition coefficient (Wildman–Crippen LogP) is 4.70. The molecular weight excluding hydrogens is 410 g/mol. The molecule has 0 radical (unpaired) electrons. The van der Waals surface area contributed by atoms with Crippen molar-refractivity contribution in [2.45, 2.75) is 33.2 Å². The topological polar surface area (TPSA) is 61.4 Å². The van der Waals surface area contributed by atoms with Gasteiger partial charge in [0.25, 0.3) is 0 Å². The average molecular weight is 442 g/mol. The summed E-state index contributed by atoms with van der Waals surface area (Å²) in [5.74, 6) is 1.48. The second kappa shape index (κ2) is 8.94. The molecule has 0 atom stereocenters. The molecule has 2 heterocycles. The second-order valence-electron chi connectivity index (χ2n) is 9.87. The molecule has 6 nitrogen and oxygen atoms in total. The summed E-state index contributed by atoms with van der Waals surface area (Å²) in [4.78, 5) is 27.6. The first-order valence-corrected chi connectivity index (χ1v) is 11.7. The van der Waals surface area contributed by atoms with Crippen molar-refractivity contribution in [3.05, 3.63) is 77.5 Å². The Bertz CT molecular complexity index is 1120. The minimum atomic E-state index is -0.0892. The number of carbonyl (C=O) groups excluding carboxylic acids is 1. The number of para-hydroxylation sites is 1. The monoisotopic (exact) mass is 441 g/mol. The molecule has 0 unspecified atom stereocenters. The van der Waals surface area contributed by atoms with E-state index in [1.807, 2.05) is 30.3 Å². The van der Waals surface area contributed by atoms with Gasteiger partial charge >= 0.3 is 0 Å². The number of fused-ring (bicyclic) bond motifs is 1. The number of nitrogens with zero attached hydrogens (tertiary/aromatic N) is 4. The highest BCUT2D eigenvalue weighted by atomic mass is 16.1. The number of rotatable bonds is 5. The largest absolute Gasteiger partial charge is 0.339 e. The zero-order valence-electron chi connectivity index (χ0n) is 19.4. The van der Waals surface area contributed by atoms with E-state index < -0.39 is 0 Å². The van der Waals surface area contributed by atoms with Crippen LogP contribution in [0.3, 0.4) is 0 Å². The molecule has 5 rings (SSSR count). The number of carbonyl (C=O) groups is 1. The van der Waals surface area contributed by atoms with Crippen molar-refractivity contribution in [1.29, 1.82) is 0 Å². The van der Waals surface area contributed by atoms with E-state index in [1.54, 1.807) is 0 Å². The Morgan fingerprint density at radius 2 is 1.55 bits per heavy atom. The van der Waals surface area contributed by atoms with Gasteiger partial charge in [0.1, 0.15) is 5.82 Å². The van der Waals surface area contributed by atoms with Gasteiger partial charge in [-0.1, -0.05) is 62.4 Å². The molecule has 33 heavy (non-hydrogen) atoms. The lowest BCUT2D eigenvalue weighted by Crippen LogP contribution is -2.46. The number of ketones is 1. The van der Waals surface area contributed by atoms with Crippen LogP contribution in [0.4, 0.5) is 17.5 Å². The number of hydrogen-bond acceptors (Lipinski definition) is 6. The molecule has 6 heteroatoms. The molecule has 1 aliphatic carbocycles. The molecule has 1 fully saturated rings. The molecular formula is C27H31N5O. The standard InChI is InChI=1S/C27H31N5O/c1-27(2)17-22-24(23(33)18-27)25(28-21-11-7-4-8-12-21)30-26(29-22)32-15-13-31(14-16-32)19-20-9-5-3-6-10-20/h3-12H,13-19H2,1-2H3,(H,28,29,30). The molecule has 1 aromatic heterocycles. The van der Waals surface area contributed by atoms with Gasteiger partial charge in [-0.05, 0) is 29.5 Å². The van der Waals surface area contributed by atoms with Crippen LogP contribution in [-0.2, 0) is 13.0 Å². The van der Waals surface area contributed by atoms with Gasteiger partial charge in [-0.3, -0.25) is 9.69 Å². The lowest BCUT2D eigenvalue weighted by atomic mass is 9.75. The molecule has 3 aromatic rings. The average Bonchev–Trinajstić information content (AvgIpc) is 2.79. The van der Waals surface area contributed by atoms with Crippen molar-refractivity contribution >= 4 is 23.2 Å². The third kappa shape index (κ3) is 4.91. The molecule has 170 valence electrons. The number of anilines is 3. The summed E-state index contributed by atoms with van der Waals surface area (Å²) >= 11 is 0. The maximum absolute atomic E-state index is 13.1. The van der Waals surface area contributed by atoms with Crippen LogP contribution in [0.15, 0.2) is 60.7 Å². The molecule has 0 bridgehead atoms. The van der Waals surface area contributed by atoms with Gasteiger partial charge in [0.2, 0.25) is 5.95 Å². The molecule has 0 saturated carbocycles. The van der Waals surface area contributed by atoms with Crippen molar-refractivity contribution in [3.63, 3.8) is 0 Å². The van der Waals surface area contributed by atoms with Crippen molar-refractivity contribution < 1.29 is 4.79 Å². The fourth-order valence-corrected chi connectivity index (χ4v) is 4.79. The highest BCUT2D eigenvalue weighted by molar-refractivity contribution is 6.03. The van der Waals surface area contributed by atoms with Crippen LogP contribution in [0.2, 0.25) is 0 Å². The first-order chi connectivity index (χ1) is 16.0. The fraction of sp³-hybridized carbons (Fsp3) is 0.370. The van der Waals surface area contributed by atoms with Gasteiger partial charge in [-0.15, -0.1) is 0 Å². The summed E-state index contributed by atoms with van der Waals surface area (Å²) in [5.41, 5.74) is 3.70. The molecule has 0 amide bonds. The molecule has 1 saturated heterocycles. The summed E-state index contributed by atoms with van der Waals surface area (Å²) in [6.07, 6.45) is 1.30. The minimum absolute atomic E-state index is 0.0892. The Morgan fingerprint density at radius 3 is 2.24 bits per heavy atom. The van der Waals surface area contributed by atoms with Crippen LogP contribution in [0.1, 0.15) is 41.9 Å². The third-order valence-corrected chi connectivity index (χ3v) is 6.48. The van der Waals surface area contributed by atoms with E-state index in [0.29, 0.717) is 17.8 Å². The summed E-state index contributed by atoms with van der Waals surface area (Å²) < 4.78 is 0. The van der Waals surface area contributed by atoms with E-state index in [9.17, 15) is 4.79 Å². The Labute approximate surface area is 195 Å². The maximum atomic E-state index is 13.1. The summed E-state index contributed by atoms with van der Waals surface area (Å²) in [7, 11) is 0. The van der Waals surface area contributed by atoms with Crippen molar-refractivity contribution in [2.75, 3.05) is 36.4 Å². The lowest BCUT2D eigenvalue weighted by molar-refractivity contribution is 0.0911. The summed E-state index contributed by atoms with van der Waals surface area (Å²) in [6, 6.07) is 20.5. The molecule has 0 spiro atoms. The van der Waals surface area contributed by atoms with Gasteiger partial charge in [0, 0.05) is 44.8 Å². The Kier molecular flexibility index (Phi) is 5.85. The Morgan fingerprint density at radius 1 is 0.879 bits per heavy atom. The Balaban J connectivity index is 1.40. The number of piperazine rings is 1. The number of aromatic nitrogens is 2. The van der Waals surface area contributed by atoms with E-state index in [1.165, 1.54) is 5.56 Å². The first-order valence-electron chi connectivity index (χ1n) is 11.7. The summed E-state index contributed by atoms with van der Waals surface area (Å²) in [6.45, 7) is 8.90. The van der Waals surface area contributed by atoms with Gasteiger partial charge in [-0.25, -0.2) is 4.98 Å². The van der Waals surface area contributed by atoms with Gasteiger partial charge in [0.15, 0.2) is 5.78 Å². The van der Waals surface area contributed by atoms with Crippen LogP contribution in [0.25, 0.3) is 0 Å². The summed E-state index contributed by atoms with van der Waals surface area (Å²) in [5, 5.41) is 3.40. The fourth-order valence-electron chi connectivity index (χ4n) is 4.79. The van der Waals surface area contributed by atoms with Gasteiger partial charge in [-0.2, -0.15) is 4.98 Å². The Hall–Kier alpha value is -3.25. The van der Waals surface area contributed by atoms with Crippen LogP contribution < -0.4 is 10.2 Å². The number of nitrogens with one attached hydrogen (secondary N) is 1. The van der Waals surface area contributed by atoms with Gasteiger partial charge < -0.3 is 10.2 Å². The van der Waals surface area contributed by atoms with Crippen LogP contribution in [0, 0.1) is 5.41 Å². The molecule has 1 N–H and O–H groups in total. The highest BCUT2D eigenvalue weighted by Gasteiger charge is 2.35. The third-order valence-electron chi connectivity index (χ3n) is 6.48. The van der Waals surface area contributed by atoms with E-state index in [4.69, 9.17) is 9.97 Å². The smallest absolute Gasteiger partial charge is 0.227 e. The minimum Gasteiger partial charge on any atom is -0.339 e. The van der Waals surface area contributed by atoms with E-state index >= 15 is 0 Å². The van der Waals surface area contributed by atoms with Crippen LogP contribution >= 0.6 is 0 Å². The highest BCUT2D eigenvalue weighted by Crippen LogP contribution is 2.38. The molecule has 1 aliphatic heterocycles. The van der Waals surface area contributed by atoms with Crippen molar-refractivity contribution in [3.8, 4) is 0 Å². The lowest BCUT2D eigenvalue weighted by Gasteiger charge is -2.36. The predicted molar refractivity (Wildman–Crippen MR) is 132 cm³/mol. The van der Waals surface area contributed by atoms with Crippen molar-refractivity contribution in [1.82, 2.24) is 14.9 Å². The van der Waals surface area contributed by atoms with Crippen molar-refractivity contribution in [2.24, 2.45) is 5.41 Å². The molecule has 2 aliphatic rings. The van der Waals surface area contributed by atoms with E-state index in [0.717, 1.165) is 56.5 Å². The van der Waals surface area contributed by atoms with Crippen LogP contribution in [-0.4, -0.2) is 46.8 Å².